The van der Waals surface area contributed by atoms with Crippen LogP contribution in [-0.4, -0.2) is 16.6 Å². The zero-order valence-electron chi connectivity index (χ0n) is 10.4. The number of benzene rings is 1. The van der Waals surface area contributed by atoms with Gasteiger partial charge in [0.05, 0.1) is 5.69 Å². The van der Waals surface area contributed by atoms with E-state index in [-0.39, 0.29) is 5.91 Å². The van der Waals surface area contributed by atoms with Gasteiger partial charge in [0.15, 0.2) is 0 Å². The molecule has 3 nitrogen and oxygen atoms in total. The van der Waals surface area contributed by atoms with Crippen molar-refractivity contribution in [1.29, 1.82) is 0 Å². The lowest BCUT2D eigenvalue weighted by molar-refractivity contribution is 0.102. The zero-order chi connectivity index (χ0) is 13.7. The smallest absolute Gasteiger partial charge is 0.274 e. The van der Waals surface area contributed by atoms with E-state index in [2.05, 4.69) is 17.2 Å². The SMILES string of the molecule is CCSc1ccccc1NC(=O)c1cccc(Cl)n1. The average Bonchev–Trinajstić information content (AvgIpc) is 2.41. The van der Waals surface area contributed by atoms with E-state index in [0.717, 1.165) is 16.3 Å². The lowest BCUT2D eigenvalue weighted by Crippen LogP contribution is -2.14. The van der Waals surface area contributed by atoms with Gasteiger partial charge in [-0.1, -0.05) is 36.7 Å². The Morgan fingerprint density at radius 1 is 1.26 bits per heavy atom. The van der Waals surface area contributed by atoms with Gasteiger partial charge in [-0.2, -0.15) is 0 Å². The Hall–Kier alpha value is -1.52. The summed E-state index contributed by atoms with van der Waals surface area (Å²) in [6.45, 7) is 2.07. The van der Waals surface area contributed by atoms with Crippen LogP contribution < -0.4 is 5.32 Å². The molecule has 0 saturated carbocycles. The second kappa shape index (κ2) is 6.59. The maximum atomic E-state index is 12.1. The maximum Gasteiger partial charge on any atom is 0.274 e. The molecule has 1 heterocycles. The fourth-order valence-corrected chi connectivity index (χ4v) is 2.50. The van der Waals surface area contributed by atoms with Crippen LogP contribution >= 0.6 is 23.4 Å². The number of nitrogens with one attached hydrogen (secondary N) is 1. The summed E-state index contributed by atoms with van der Waals surface area (Å²) in [5, 5.41) is 3.17. The van der Waals surface area contributed by atoms with Gasteiger partial charge in [-0.25, -0.2) is 4.98 Å². The summed E-state index contributed by atoms with van der Waals surface area (Å²) in [4.78, 5) is 17.1. The highest BCUT2D eigenvalue weighted by Gasteiger charge is 2.10. The Bertz CT molecular complexity index is 589. The standard InChI is InChI=1S/C14H13ClN2OS/c1-2-19-12-8-4-3-6-10(12)17-14(18)11-7-5-9-13(15)16-11/h3-9H,2H2,1H3,(H,17,18). The highest BCUT2D eigenvalue weighted by Crippen LogP contribution is 2.26. The first kappa shape index (κ1) is 13.9. The molecule has 0 aliphatic carbocycles. The summed E-state index contributed by atoms with van der Waals surface area (Å²) in [5.74, 6) is 0.689. The monoisotopic (exact) mass is 292 g/mol. The summed E-state index contributed by atoms with van der Waals surface area (Å²) in [6, 6.07) is 12.7. The Morgan fingerprint density at radius 2 is 2.05 bits per heavy atom. The van der Waals surface area contributed by atoms with Crippen molar-refractivity contribution in [2.45, 2.75) is 11.8 Å². The minimum atomic E-state index is -0.258. The predicted molar refractivity (Wildman–Crippen MR) is 80.0 cm³/mol. The number of hydrogen-bond acceptors (Lipinski definition) is 3. The number of halogens is 1. The second-order valence-electron chi connectivity index (χ2n) is 3.73. The van der Waals surface area contributed by atoms with Crippen LogP contribution in [0.2, 0.25) is 5.15 Å². The Kier molecular flexibility index (Phi) is 4.82. The summed E-state index contributed by atoms with van der Waals surface area (Å²) in [5.41, 5.74) is 1.10. The van der Waals surface area contributed by atoms with Crippen molar-refractivity contribution in [3.63, 3.8) is 0 Å². The van der Waals surface area contributed by atoms with Gasteiger partial charge in [0, 0.05) is 4.90 Å². The number of amides is 1. The predicted octanol–water partition coefficient (Wildman–Crippen LogP) is 4.10. The molecule has 19 heavy (non-hydrogen) atoms. The lowest BCUT2D eigenvalue weighted by atomic mass is 10.3. The molecule has 0 fully saturated rings. The molecule has 0 aliphatic heterocycles. The molecule has 1 aromatic carbocycles. The number of thioether (sulfide) groups is 1. The quantitative estimate of drug-likeness (QED) is 0.681. The lowest BCUT2D eigenvalue weighted by Gasteiger charge is -2.09. The summed E-state index contributed by atoms with van der Waals surface area (Å²) in [7, 11) is 0. The van der Waals surface area contributed by atoms with E-state index in [1.807, 2.05) is 24.3 Å². The number of aromatic nitrogens is 1. The molecular weight excluding hydrogens is 280 g/mol. The number of para-hydroxylation sites is 1. The average molecular weight is 293 g/mol. The van der Waals surface area contributed by atoms with E-state index in [1.165, 1.54) is 0 Å². The number of nitrogens with zero attached hydrogens (tertiary/aromatic N) is 1. The molecule has 1 N–H and O–H groups in total. The first-order chi connectivity index (χ1) is 9.20. The number of anilines is 1. The molecule has 2 aromatic rings. The largest absolute Gasteiger partial charge is 0.320 e. The Morgan fingerprint density at radius 3 is 2.79 bits per heavy atom. The first-order valence-corrected chi connectivity index (χ1v) is 7.23. The van der Waals surface area contributed by atoms with Crippen molar-refractivity contribution in [2.75, 3.05) is 11.1 Å². The van der Waals surface area contributed by atoms with E-state index < -0.39 is 0 Å². The van der Waals surface area contributed by atoms with Crippen LogP contribution in [0.4, 0.5) is 5.69 Å². The number of rotatable bonds is 4. The van der Waals surface area contributed by atoms with Crippen molar-refractivity contribution >= 4 is 35.0 Å². The minimum Gasteiger partial charge on any atom is -0.320 e. The van der Waals surface area contributed by atoms with Gasteiger partial charge in [0.1, 0.15) is 10.8 Å². The Labute approximate surface area is 121 Å². The number of pyridine rings is 1. The van der Waals surface area contributed by atoms with E-state index in [4.69, 9.17) is 11.6 Å². The summed E-state index contributed by atoms with van der Waals surface area (Å²) in [6.07, 6.45) is 0. The third-order valence-electron chi connectivity index (χ3n) is 2.38. The molecule has 1 amide bonds. The fraction of sp³-hybridized carbons (Fsp3) is 0.143. The third kappa shape index (κ3) is 3.72. The topological polar surface area (TPSA) is 42.0 Å². The van der Waals surface area contributed by atoms with Gasteiger partial charge < -0.3 is 5.32 Å². The number of hydrogen-bond donors (Lipinski definition) is 1. The molecule has 1 aromatic heterocycles. The van der Waals surface area contributed by atoms with Crippen molar-refractivity contribution in [1.82, 2.24) is 4.98 Å². The Balaban J connectivity index is 2.19. The minimum absolute atomic E-state index is 0.258. The molecule has 0 radical (unpaired) electrons. The highest BCUT2D eigenvalue weighted by molar-refractivity contribution is 7.99. The molecule has 2 rings (SSSR count). The molecule has 0 spiro atoms. The molecular formula is C14H13ClN2OS. The molecule has 0 unspecified atom stereocenters. The molecule has 0 aliphatic rings. The van der Waals surface area contributed by atoms with Gasteiger partial charge >= 0.3 is 0 Å². The molecule has 5 heteroatoms. The number of carbonyl (C=O) groups excluding carboxylic acids is 1. The fourth-order valence-electron chi connectivity index (χ4n) is 1.57. The zero-order valence-corrected chi connectivity index (χ0v) is 12.0. The summed E-state index contributed by atoms with van der Waals surface area (Å²) >= 11 is 7.46. The van der Waals surface area contributed by atoms with E-state index in [0.29, 0.717) is 10.8 Å². The van der Waals surface area contributed by atoms with Gasteiger partial charge in [-0.05, 0) is 30.0 Å². The van der Waals surface area contributed by atoms with Crippen molar-refractivity contribution in [3.05, 3.63) is 53.3 Å². The second-order valence-corrected chi connectivity index (χ2v) is 5.42. The molecule has 0 atom stereocenters. The van der Waals surface area contributed by atoms with Crippen LogP contribution in [0, 0.1) is 0 Å². The van der Waals surface area contributed by atoms with E-state index in [1.54, 1.807) is 30.0 Å². The van der Waals surface area contributed by atoms with Gasteiger partial charge in [0.25, 0.3) is 5.91 Å². The summed E-state index contributed by atoms with van der Waals surface area (Å²) < 4.78 is 0. The van der Waals surface area contributed by atoms with Crippen molar-refractivity contribution < 1.29 is 4.79 Å². The molecule has 0 bridgehead atoms. The van der Waals surface area contributed by atoms with Crippen LogP contribution in [0.15, 0.2) is 47.4 Å². The highest BCUT2D eigenvalue weighted by atomic mass is 35.5. The van der Waals surface area contributed by atoms with Gasteiger partial charge in [-0.3, -0.25) is 4.79 Å². The van der Waals surface area contributed by atoms with Crippen LogP contribution in [-0.2, 0) is 0 Å². The van der Waals surface area contributed by atoms with E-state index >= 15 is 0 Å². The third-order valence-corrected chi connectivity index (χ3v) is 3.55. The van der Waals surface area contributed by atoms with Crippen LogP contribution in [0.25, 0.3) is 0 Å². The molecule has 0 saturated heterocycles. The van der Waals surface area contributed by atoms with E-state index in [9.17, 15) is 4.79 Å². The van der Waals surface area contributed by atoms with Crippen LogP contribution in [0.3, 0.4) is 0 Å². The normalized spacial score (nSPS) is 10.2. The van der Waals surface area contributed by atoms with Crippen LogP contribution in [0.5, 0.6) is 0 Å². The van der Waals surface area contributed by atoms with Crippen molar-refractivity contribution in [2.24, 2.45) is 0 Å². The van der Waals surface area contributed by atoms with Crippen molar-refractivity contribution in [3.8, 4) is 0 Å². The molecule has 98 valence electrons. The first-order valence-electron chi connectivity index (χ1n) is 5.86. The van der Waals surface area contributed by atoms with Crippen LogP contribution in [0.1, 0.15) is 17.4 Å². The number of carbonyl (C=O) groups is 1. The maximum absolute atomic E-state index is 12.1. The van der Waals surface area contributed by atoms with Gasteiger partial charge in [-0.15, -0.1) is 11.8 Å². The van der Waals surface area contributed by atoms with Gasteiger partial charge in [0.2, 0.25) is 0 Å².